The molecule has 0 bridgehead atoms. The number of hydrogen-bond acceptors (Lipinski definition) is 11. The molecule has 1 aromatic carbocycles. The number of benzene rings is 1. The van der Waals surface area contributed by atoms with Crippen LogP contribution in [-0.2, 0) is 27.7 Å². The summed E-state index contributed by atoms with van der Waals surface area (Å²) in [4.78, 5) is 38.8. The number of aromatic nitrogens is 4. The van der Waals surface area contributed by atoms with Gasteiger partial charge in [0.25, 0.3) is 5.69 Å². The van der Waals surface area contributed by atoms with Crippen molar-refractivity contribution in [3.05, 3.63) is 57.9 Å². The van der Waals surface area contributed by atoms with Gasteiger partial charge in [-0.15, -0.1) is 5.10 Å². The van der Waals surface area contributed by atoms with Gasteiger partial charge >= 0.3 is 12.1 Å². The third-order valence-corrected chi connectivity index (χ3v) is 6.48. The van der Waals surface area contributed by atoms with E-state index in [9.17, 15) is 19.7 Å². The number of methoxy groups -OCH3 is 1. The van der Waals surface area contributed by atoms with Crippen LogP contribution in [-0.4, -0.2) is 56.8 Å². The van der Waals surface area contributed by atoms with Crippen LogP contribution in [0.5, 0.6) is 11.5 Å². The zero-order valence-electron chi connectivity index (χ0n) is 21.9. The number of nitrogens with zero attached hydrogens (tertiary/aromatic N) is 5. The Morgan fingerprint density at radius 2 is 1.92 bits per heavy atom. The molecule has 2 atom stereocenters. The van der Waals surface area contributed by atoms with Gasteiger partial charge < -0.3 is 18.9 Å². The Morgan fingerprint density at radius 1 is 1.15 bits per heavy atom. The highest BCUT2D eigenvalue weighted by Gasteiger charge is 2.29. The smallest absolute Gasteiger partial charge is 0.489 e. The Morgan fingerprint density at radius 3 is 2.62 bits per heavy atom. The minimum Gasteiger partial charge on any atom is -0.489 e. The molecule has 2 aromatic heterocycles. The van der Waals surface area contributed by atoms with Gasteiger partial charge in [0.05, 0.1) is 41.1 Å². The Balaban J connectivity index is 1.35. The molecule has 1 fully saturated rings. The minimum atomic E-state index is -0.937. The molecule has 13 nitrogen and oxygen atoms in total. The average molecular weight is 540 g/mol. The largest absolute Gasteiger partial charge is 0.513 e. The van der Waals surface area contributed by atoms with Crippen molar-refractivity contribution in [1.82, 2.24) is 20.0 Å². The Hall–Kier alpha value is -4.55. The molecular weight excluding hydrogens is 510 g/mol. The Bertz CT molecular complexity index is 1340. The predicted molar refractivity (Wildman–Crippen MR) is 136 cm³/mol. The second-order valence-corrected chi connectivity index (χ2v) is 9.12. The number of hydrogen-bond donors (Lipinski definition) is 0. The van der Waals surface area contributed by atoms with Crippen LogP contribution in [0.15, 0.2) is 36.4 Å². The summed E-state index contributed by atoms with van der Waals surface area (Å²) in [5.41, 5.74) is 2.39. The molecule has 0 radical (unpaired) electrons. The average Bonchev–Trinajstić information content (AvgIpc) is 3.29. The summed E-state index contributed by atoms with van der Waals surface area (Å²) in [6, 6.07) is 8.72. The van der Waals surface area contributed by atoms with Crippen LogP contribution in [0.25, 0.3) is 11.4 Å². The lowest BCUT2D eigenvalue weighted by molar-refractivity contribution is -0.384. The zero-order chi connectivity index (χ0) is 27.9. The van der Waals surface area contributed by atoms with Crippen LogP contribution in [0.3, 0.4) is 0 Å². The zero-order valence-corrected chi connectivity index (χ0v) is 21.9. The topological polar surface area (TPSA) is 158 Å². The number of nitro groups is 1. The number of esters is 1. The second-order valence-electron chi connectivity index (χ2n) is 9.12. The molecule has 0 saturated heterocycles. The van der Waals surface area contributed by atoms with Gasteiger partial charge in [-0.2, -0.15) is 0 Å². The number of non-ortho nitro benzene ring substituents is 1. The van der Waals surface area contributed by atoms with Crippen molar-refractivity contribution in [1.29, 1.82) is 0 Å². The van der Waals surface area contributed by atoms with Gasteiger partial charge in [0.1, 0.15) is 23.8 Å². The van der Waals surface area contributed by atoms with Crippen molar-refractivity contribution < 1.29 is 33.5 Å². The maximum Gasteiger partial charge on any atom is 0.513 e. The molecule has 1 saturated carbocycles. The van der Waals surface area contributed by atoms with Crippen molar-refractivity contribution in [2.24, 2.45) is 13.0 Å². The molecule has 0 spiro atoms. The maximum absolute atomic E-state index is 12.1. The SMILES string of the molecule is COC(=O)[C@H]1CCC[C@H](Oc2ccc(-c3nnn(C)c3CCOC(=O)Oc3ccc([N+](=O)[O-])cc3)nc2C)C1. The maximum atomic E-state index is 12.1. The summed E-state index contributed by atoms with van der Waals surface area (Å²) in [7, 11) is 3.13. The summed E-state index contributed by atoms with van der Waals surface area (Å²) in [6.45, 7) is 1.83. The highest BCUT2D eigenvalue weighted by molar-refractivity contribution is 5.72. The normalized spacial score (nSPS) is 16.8. The summed E-state index contributed by atoms with van der Waals surface area (Å²) in [6.07, 6.45) is 2.42. The standard InChI is InChI=1S/C26H29N5O8/c1-16-23(38-20-6-4-5-17(15-20)25(32)36-3)12-11-21(27-16)24-22(30(2)29-28-24)13-14-37-26(33)39-19-9-7-18(8-10-19)31(34)35/h7-12,17,20H,4-6,13-15H2,1-3H3/t17-,20-/m0/s1. The van der Waals surface area contributed by atoms with Crippen LogP contribution >= 0.6 is 0 Å². The fraction of sp³-hybridized carbons (Fsp3) is 0.423. The van der Waals surface area contributed by atoms with E-state index in [1.165, 1.54) is 31.4 Å². The number of aryl methyl sites for hydroxylation is 2. The van der Waals surface area contributed by atoms with Gasteiger partial charge in [-0.3, -0.25) is 19.6 Å². The van der Waals surface area contributed by atoms with Crippen LogP contribution in [0.2, 0.25) is 0 Å². The molecule has 0 amide bonds. The highest BCUT2D eigenvalue weighted by Crippen LogP contribution is 2.31. The van der Waals surface area contributed by atoms with E-state index in [1.54, 1.807) is 17.8 Å². The molecule has 0 N–H and O–H groups in total. The van der Waals surface area contributed by atoms with E-state index < -0.39 is 11.1 Å². The van der Waals surface area contributed by atoms with Crippen LogP contribution in [0.4, 0.5) is 10.5 Å². The van der Waals surface area contributed by atoms with Crippen molar-refractivity contribution in [2.45, 2.75) is 45.1 Å². The number of rotatable bonds is 9. The summed E-state index contributed by atoms with van der Waals surface area (Å²) >= 11 is 0. The molecule has 2 heterocycles. The lowest BCUT2D eigenvalue weighted by atomic mass is 9.87. The molecule has 3 aromatic rings. The van der Waals surface area contributed by atoms with Crippen molar-refractivity contribution >= 4 is 17.8 Å². The fourth-order valence-electron chi connectivity index (χ4n) is 4.47. The van der Waals surface area contributed by atoms with E-state index in [0.717, 1.165) is 19.3 Å². The number of carbonyl (C=O) groups is 2. The Labute approximate surface area is 224 Å². The lowest BCUT2D eigenvalue weighted by Crippen LogP contribution is -2.30. The van der Waals surface area contributed by atoms with Gasteiger partial charge in [-0.05, 0) is 56.9 Å². The van der Waals surface area contributed by atoms with E-state index >= 15 is 0 Å². The number of carbonyl (C=O) groups excluding carboxylic acids is 2. The molecule has 206 valence electrons. The molecule has 4 rings (SSSR count). The van der Waals surface area contributed by atoms with E-state index in [0.29, 0.717) is 41.4 Å². The van der Waals surface area contributed by atoms with Crippen LogP contribution < -0.4 is 9.47 Å². The quantitative estimate of drug-likeness (QED) is 0.168. The predicted octanol–water partition coefficient (Wildman–Crippen LogP) is 3.96. The summed E-state index contributed by atoms with van der Waals surface area (Å²) < 4.78 is 22.9. The third-order valence-electron chi connectivity index (χ3n) is 6.48. The van der Waals surface area contributed by atoms with Gasteiger partial charge in [0, 0.05) is 25.6 Å². The van der Waals surface area contributed by atoms with Crippen LogP contribution in [0.1, 0.15) is 37.1 Å². The molecule has 1 aliphatic carbocycles. The fourth-order valence-corrected chi connectivity index (χ4v) is 4.47. The second kappa shape index (κ2) is 12.3. The van der Waals surface area contributed by atoms with E-state index in [-0.39, 0.29) is 36.0 Å². The van der Waals surface area contributed by atoms with Gasteiger partial charge in [0.15, 0.2) is 0 Å². The van der Waals surface area contributed by atoms with Crippen molar-refractivity contribution in [2.75, 3.05) is 13.7 Å². The van der Waals surface area contributed by atoms with E-state index in [4.69, 9.17) is 18.9 Å². The van der Waals surface area contributed by atoms with Crippen molar-refractivity contribution in [3.8, 4) is 22.9 Å². The number of pyridine rings is 1. The summed E-state index contributed by atoms with van der Waals surface area (Å²) in [5, 5.41) is 19.1. The van der Waals surface area contributed by atoms with Crippen molar-refractivity contribution in [3.63, 3.8) is 0 Å². The molecular formula is C26H29N5O8. The van der Waals surface area contributed by atoms with E-state index in [1.807, 2.05) is 13.0 Å². The number of ether oxygens (including phenoxy) is 4. The molecule has 1 aliphatic rings. The summed E-state index contributed by atoms with van der Waals surface area (Å²) in [5.74, 6) is 0.408. The first-order valence-corrected chi connectivity index (χ1v) is 12.4. The lowest BCUT2D eigenvalue weighted by Gasteiger charge is -2.28. The third kappa shape index (κ3) is 6.86. The first kappa shape index (κ1) is 27.5. The van der Waals surface area contributed by atoms with Gasteiger partial charge in [-0.1, -0.05) is 5.21 Å². The Kier molecular flexibility index (Phi) is 8.69. The van der Waals surface area contributed by atoms with Gasteiger partial charge in [-0.25, -0.2) is 9.78 Å². The monoisotopic (exact) mass is 539 g/mol. The first-order valence-electron chi connectivity index (χ1n) is 12.4. The first-order chi connectivity index (χ1) is 18.7. The van der Waals surface area contributed by atoms with Gasteiger partial charge in [0.2, 0.25) is 0 Å². The molecule has 0 aliphatic heterocycles. The van der Waals surface area contributed by atoms with E-state index in [2.05, 4.69) is 15.3 Å². The minimum absolute atomic E-state index is 0.0107. The van der Waals surface area contributed by atoms with Crippen LogP contribution in [0, 0.1) is 23.0 Å². The molecule has 39 heavy (non-hydrogen) atoms. The highest BCUT2D eigenvalue weighted by atomic mass is 16.7. The number of nitro benzene ring substituents is 1. The molecule has 13 heteroatoms. The molecule has 0 unspecified atom stereocenters.